The Morgan fingerprint density at radius 3 is 2.30 bits per heavy atom. The number of thiol groups is 1. The van der Waals surface area contributed by atoms with Crippen molar-refractivity contribution in [2.45, 2.75) is 18.4 Å². The summed E-state index contributed by atoms with van der Waals surface area (Å²) >= 11 is 3.64. The van der Waals surface area contributed by atoms with Crippen molar-refractivity contribution in [1.29, 1.82) is 0 Å². The maximum atomic E-state index is 10.1. The lowest BCUT2D eigenvalue weighted by molar-refractivity contribution is 0.111. The molecular weight excluding hydrogens is 177 g/mol. The highest BCUT2D eigenvalue weighted by Gasteiger charge is 2.28. The van der Waals surface area contributed by atoms with Gasteiger partial charge in [0, 0.05) is 0 Å². The van der Waals surface area contributed by atoms with E-state index < -0.39 is 12.9 Å². The third-order valence-electron chi connectivity index (χ3n) is 0.784. The van der Waals surface area contributed by atoms with Crippen LogP contribution in [0.5, 0.6) is 0 Å². The molecule has 0 aromatic heterocycles. The summed E-state index contributed by atoms with van der Waals surface area (Å²) < 4.78 is 14.2. The van der Waals surface area contributed by atoms with Crippen LogP contribution in [0.25, 0.3) is 0 Å². The number of hydrogen-bond donors (Lipinski definition) is 4. The van der Waals surface area contributed by atoms with Gasteiger partial charge in [-0.15, -0.1) is 12.6 Å². The molecule has 0 spiro atoms. The second-order valence-corrected chi connectivity index (χ2v) is 3.70. The lowest BCUT2D eigenvalue weighted by Gasteiger charge is -2.21. The smallest absolute Gasteiger partial charge is 0.303 e. The summed E-state index contributed by atoms with van der Waals surface area (Å²) in [7, 11) is -4.51. The van der Waals surface area contributed by atoms with Crippen LogP contribution in [0.15, 0.2) is 0 Å². The van der Waals surface area contributed by atoms with Gasteiger partial charge in [0.1, 0.15) is 0 Å². The molecule has 0 radical (unpaired) electrons. The van der Waals surface area contributed by atoms with E-state index in [1.807, 2.05) is 0 Å². The van der Waals surface area contributed by atoms with E-state index in [1.54, 1.807) is 6.92 Å². The molecule has 0 saturated heterocycles. The molecule has 1 unspecified atom stereocenters. The van der Waals surface area contributed by atoms with Gasteiger partial charge in [0.25, 0.3) is 0 Å². The van der Waals surface area contributed by atoms with Crippen molar-refractivity contribution >= 4 is 20.5 Å². The number of rotatable bonds is 3. The first kappa shape index (κ1) is 10.4. The molecule has 10 heavy (non-hydrogen) atoms. The Morgan fingerprint density at radius 1 is 1.80 bits per heavy atom. The highest BCUT2D eigenvalue weighted by Crippen LogP contribution is 2.41. The molecule has 0 aliphatic rings. The van der Waals surface area contributed by atoms with E-state index >= 15 is 0 Å². The molecule has 0 amide bonds. The summed E-state index contributed by atoms with van der Waals surface area (Å²) in [5.74, 6) is 0. The van der Waals surface area contributed by atoms with E-state index in [0.29, 0.717) is 0 Å². The zero-order chi connectivity index (χ0) is 8.41. The molecule has 7 heteroatoms. The quantitative estimate of drug-likeness (QED) is 0.284. The number of phosphoric acid groups is 1. The Hall–Kier alpha value is 0.420. The molecule has 1 atom stereocenters. The zero-order valence-electron chi connectivity index (χ0n) is 5.39. The van der Waals surface area contributed by atoms with Gasteiger partial charge in [-0.25, -0.2) is 4.57 Å². The highest BCUT2D eigenvalue weighted by atomic mass is 32.1. The van der Waals surface area contributed by atoms with Crippen LogP contribution in [0.4, 0.5) is 0 Å². The molecule has 0 rings (SSSR count). The van der Waals surface area contributed by atoms with Crippen LogP contribution in [0.2, 0.25) is 0 Å². The Morgan fingerprint density at radius 2 is 2.20 bits per heavy atom. The summed E-state index contributed by atoms with van der Waals surface area (Å²) in [4.78, 5) is 16.5. The molecule has 5 nitrogen and oxygen atoms in total. The van der Waals surface area contributed by atoms with Crippen LogP contribution >= 0.6 is 20.5 Å². The van der Waals surface area contributed by atoms with Crippen molar-refractivity contribution in [2.75, 3.05) is 0 Å². The normalized spacial score (nSPS) is 18.5. The molecule has 0 heterocycles. The van der Waals surface area contributed by atoms with Gasteiger partial charge in [-0.2, -0.15) is 0 Å². The van der Waals surface area contributed by atoms with Crippen molar-refractivity contribution in [3.63, 3.8) is 0 Å². The Bertz CT molecular complexity index is 155. The molecular formula is C3H10NO4PS. The van der Waals surface area contributed by atoms with Crippen molar-refractivity contribution in [3.05, 3.63) is 0 Å². The first-order chi connectivity index (χ1) is 4.27. The van der Waals surface area contributed by atoms with Crippen LogP contribution in [0.1, 0.15) is 13.3 Å². The summed E-state index contributed by atoms with van der Waals surface area (Å²) in [6.07, 6.45) is 0.210. The molecule has 0 aromatic carbocycles. The fourth-order valence-electron chi connectivity index (χ4n) is 0.270. The topological polar surface area (TPSA) is 92.8 Å². The maximum Gasteiger partial charge on any atom is 0.472 e. The summed E-state index contributed by atoms with van der Waals surface area (Å²) in [5.41, 5.74) is 5.15. The van der Waals surface area contributed by atoms with Crippen LogP contribution in [-0.2, 0) is 9.09 Å². The van der Waals surface area contributed by atoms with Crippen molar-refractivity contribution in [1.82, 2.24) is 0 Å². The first-order valence-electron chi connectivity index (χ1n) is 2.54. The first-order valence-corrected chi connectivity index (χ1v) is 4.52. The van der Waals surface area contributed by atoms with Crippen LogP contribution in [-0.4, -0.2) is 14.8 Å². The fraction of sp³-hybridized carbons (Fsp3) is 1.00. The average molecular weight is 187 g/mol. The van der Waals surface area contributed by atoms with E-state index in [9.17, 15) is 4.57 Å². The van der Waals surface area contributed by atoms with Crippen molar-refractivity contribution in [2.24, 2.45) is 5.73 Å². The van der Waals surface area contributed by atoms with Crippen LogP contribution < -0.4 is 5.73 Å². The van der Waals surface area contributed by atoms with Gasteiger partial charge in [-0.05, 0) is 6.42 Å². The third kappa shape index (κ3) is 5.22. The lowest BCUT2D eigenvalue weighted by atomic mass is 10.4. The van der Waals surface area contributed by atoms with E-state index in [4.69, 9.17) is 15.5 Å². The lowest BCUT2D eigenvalue weighted by Crippen LogP contribution is -2.34. The monoisotopic (exact) mass is 187 g/mol. The second kappa shape index (κ2) is 3.21. The molecule has 0 saturated carbocycles. The number of phosphoric ester groups is 1. The van der Waals surface area contributed by atoms with Gasteiger partial charge in [0.05, 0.1) is 0 Å². The molecule has 0 aliphatic carbocycles. The molecule has 0 fully saturated rings. The van der Waals surface area contributed by atoms with E-state index in [2.05, 4.69) is 17.2 Å². The molecule has 0 aliphatic heterocycles. The fourth-order valence-corrected chi connectivity index (χ4v) is 1.13. The highest BCUT2D eigenvalue weighted by molar-refractivity contribution is 7.81. The van der Waals surface area contributed by atoms with E-state index in [0.717, 1.165) is 0 Å². The van der Waals surface area contributed by atoms with E-state index in [1.165, 1.54) is 0 Å². The Labute approximate surface area is 64.2 Å². The predicted octanol–water partition coefficient (Wildman–Crippen LogP) is 0.0480. The molecule has 4 N–H and O–H groups in total. The van der Waals surface area contributed by atoms with Crippen LogP contribution in [0.3, 0.4) is 0 Å². The second-order valence-electron chi connectivity index (χ2n) is 1.78. The third-order valence-corrected chi connectivity index (χ3v) is 1.90. The minimum absolute atomic E-state index is 0.210. The van der Waals surface area contributed by atoms with Gasteiger partial charge in [0.15, 0.2) is 5.06 Å². The van der Waals surface area contributed by atoms with Crippen molar-refractivity contribution < 1.29 is 18.9 Å². The number of nitrogens with two attached hydrogens (primary N) is 1. The molecule has 62 valence electrons. The van der Waals surface area contributed by atoms with Gasteiger partial charge in [-0.1, -0.05) is 6.92 Å². The van der Waals surface area contributed by atoms with Crippen LogP contribution in [0, 0.1) is 0 Å². The zero-order valence-corrected chi connectivity index (χ0v) is 7.18. The van der Waals surface area contributed by atoms with Gasteiger partial charge < -0.3 is 9.79 Å². The largest absolute Gasteiger partial charge is 0.472 e. The summed E-state index contributed by atoms with van der Waals surface area (Å²) in [5, 5.41) is -1.54. The number of hydrogen-bond acceptors (Lipinski definition) is 4. The molecule has 0 bridgehead atoms. The van der Waals surface area contributed by atoms with E-state index in [-0.39, 0.29) is 6.42 Å². The predicted molar refractivity (Wildman–Crippen MR) is 39.3 cm³/mol. The maximum absolute atomic E-state index is 10.1. The SMILES string of the molecule is CCC(N)(S)OP(=O)(O)O. The standard InChI is InChI=1S/C3H10NO4PS/c1-2-3(4,10)8-9(5,6)7/h10H,2,4H2,1H3,(H2,5,6,7). The van der Waals surface area contributed by atoms with Crippen molar-refractivity contribution in [3.8, 4) is 0 Å². The Balaban J connectivity index is 4.02. The molecule has 0 aromatic rings. The minimum atomic E-state index is -4.51. The minimum Gasteiger partial charge on any atom is -0.303 e. The summed E-state index contributed by atoms with van der Waals surface area (Å²) in [6, 6.07) is 0. The van der Waals surface area contributed by atoms with Gasteiger partial charge in [0.2, 0.25) is 0 Å². The Kier molecular flexibility index (Phi) is 3.35. The van der Waals surface area contributed by atoms with Gasteiger partial charge in [-0.3, -0.25) is 10.3 Å². The average Bonchev–Trinajstić information content (AvgIpc) is 1.60. The summed E-state index contributed by atoms with van der Waals surface area (Å²) in [6.45, 7) is 1.60. The van der Waals surface area contributed by atoms with Gasteiger partial charge >= 0.3 is 7.82 Å².